The maximum atomic E-state index is 13.1. The molecule has 0 radical (unpaired) electrons. The maximum Gasteiger partial charge on any atom is 0.291 e. The number of aromatic nitrogens is 3. The zero-order valence-electron chi connectivity index (χ0n) is 18.0. The van der Waals surface area contributed by atoms with E-state index in [2.05, 4.69) is 10.4 Å². The van der Waals surface area contributed by atoms with Gasteiger partial charge in [-0.25, -0.2) is 0 Å². The summed E-state index contributed by atoms with van der Waals surface area (Å²) in [6.07, 6.45) is 4.49. The highest BCUT2D eigenvalue weighted by molar-refractivity contribution is 5.97. The topological polar surface area (TPSA) is 133 Å². The minimum atomic E-state index is -0.721. The number of hydrogen-bond donors (Lipinski definition) is 2. The fourth-order valence-electron chi connectivity index (χ4n) is 3.25. The number of hydrogen-bond acceptors (Lipinski definition) is 6. The second-order valence-corrected chi connectivity index (χ2v) is 8.18. The smallest absolute Gasteiger partial charge is 0.291 e. The molecule has 2 heterocycles. The number of rotatable bonds is 7. The van der Waals surface area contributed by atoms with Crippen molar-refractivity contribution in [2.75, 3.05) is 13.6 Å². The Morgan fingerprint density at radius 1 is 1.42 bits per heavy atom. The van der Waals surface area contributed by atoms with E-state index in [1.54, 1.807) is 6.92 Å². The van der Waals surface area contributed by atoms with Gasteiger partial charge in [0.05, 0.1) is 11.8 Å². The largest absolute Gasteiger partial charge is 0.494 e. The Bertz CT molecular complexity index is 1160. The molecule has 2 N–H and O–H groups in total. The van der Waals surface area contributed by atoms with Gasteiger partial charge in [-0.15, -0.1) is 0 Å². The van der Waals surface area contributed by atoms with Crippen LogP contribution in [0.1, 0.15) is 48.3 Å². The summed E-state index contributed by atoms with van der Waals surface area (Å²) >= 11 is 0. The Labute approximate surface area is 179 Å². The van der Waals surface area contributed by atoms with Gasteiger partial charge in [0, 0.05) is 31.3 Å². The molecule has 0 aliphatic heterocycles. The van der Waals surface area contributed by atoms with E-state index < -0.39 is 17.3 Å². The third-order valence-corrected chi connectivity index (χ3v) is 4.99. The van der Waals surface area contributed by atoms with Crippen LogP contribution in [0.15, 0.2) is 10.9 Å². The highest BCUT2D eigenvalue weighted by Crippen LogP contribution is 2.26. The monoisotopic (exact) mass is 426 g/mol. The van der Waals surface area contributed by atoms with Crippen molar-refractivity contribution in [3.8, 4) is 11.9 Å². The fourth-order valence-corrected chi connectivity index (χ4v) is 3.25. The Morgan fingerprint density at radius 2 is 2.10 bits per heavy atom. The molecule has 3 rings (SSSR count). The van der Waals surface area contributed by atoms with Crippen molar-refractivity contribution in [1.29, 1.82) is 5.26 Å². The minimum absolute atomic E-state index is 0.0230. The van der Waals surface area contributed by atoms with Gasteiger partial charge in [-0.3, -0.25) is 19.0 Å². The van der Waals surface area contributed by atoms with E-state index >= 15 is 0 Å². The predicted octanol–water partition coefficient (Wildman–Crippen LogP) is 1.05. The summed E-state index contributed by atoms with van der Waals surface area (Å²) in [6, 6.07) is 1.92. The molecule has 2 aromatic rings. The number of fused-ring (bicyclic) bond motifs is 1. The molecule has 0 bridgehead atoms. The summed E-state index contributed by atoms with van der Waals surface area (Å²) in [5, 5.41) is 26.7. The van der Waals surface area contributed by atoms with Gasteiger partial charge in [0.1, 0.15) is 12.2 Å². The average molecular weight is 426 g/mol. The van der Waals surface area contributed by atoms with Crippen LogP contribution in [-0.4, -0.2) is 55.6 Å². The number of carbonyl (C=O) groups is 2. The molecule has 0 aromatic carbocycles. The van der Waals surface area contributed by atoms with Gasteiger partial charge in [0.25, 0.3) is 11.5 Å². The Balaban J connectivity index is 2.18. The molecule has 0 saturated heterocycles. The molecule has 10 nitrogen and oxygen atoms in total. The van der Waals surface area contributed by atoms with Crippen molar-refractivity contribution in [3.63, 3.8) is 0 Å². The van der Waals surface area contributed by atoms with Crippen LogP contribution in [0.3, 0.4) is 0 Å². The zero-order chi connectivity index (χ0) is 22.9. The van der Waals surface area contributed by atoms with Gasteiger partial charge in [0.15, 0.2) is 5.56 Å². The van der Waals surface area contributed by atoms with Crippen molar-refractivity contribution >= 4 is 23.5 Å². The summed E-state index contributed by atoms with van der Waals surface area (Å²) in [7, 11) is 1.50. The van der Waals surface area contributed by atoms with Crippen LogP contribution in [-0.2, 0) is 11.3 Å². The number of carbonyl (C=O) groups excluding carboxylic acids is 2. The fraction of sp³-hybridized carbons (Fsp3) is 0.476. The molecule has 0 spiro atoms. The quantitative estimate of drug-likeness (QED) is 0.502. The molecule has 1 aliphatic rings. The average Bonchev–Trinajstić information content (AvgIpc) is 3.44. The Hall–Kier alpha value is -3.61. The van der Waals surface area contributed by atoms with Crippen LogP contribution >= 0.6 is 0 Å². The molecular formula is C21H26N6O4. The van der Waals surface area contributed by atoms with Crippen LogP contribution in [0.4, 0.5) is 0 Å². The summed E-state index contributed by atoms with van der Waals surface area (Å²) in [5.74, 6) is -1.34. The number of likely N-dealkylation sites (N-methyl/N-ethyl adjacent to an activating group) is 1. The lowest BCUT2D eigenvalue weighted by atomic mass is 10.1. The number of amides is 2. The van der Waals surface area contributed by atoms with E-state index in [4.69, 9.17) is 5.26 Å². The molecule has 31 heavy (non-hydrogen) atoms. The molecule has 10 heteroatoms. The molecule has 1 aliphatic carbocycles. The Morgan fingerprint density at radius 3 is 2.68 bits per heavy atom. The van der Waals surface area contributed by atoms with Gasteiger partial charge in [-0.05, 0) is 31.8 Å². The first-order valence-electron chi connectivity index (χ1n) is 10.1. The van der Waals surface area contributed by atoms with Crippen LogP contribution in [0.5, 0.6) is 5.88 Å². The molecule has 2 amide bonds. The number of nitriles is 1. The number of nitrogens with one attached hydrogen (secondary N) is 1. The van der Waals surface area contributed by atoms with Crippen molar-refractivity contribution < 1.29 is 14.7 Å². The van der Waals surface area contributed by atoms with E-state index in [1.165, 1.54) is 28.7 Å². The maximum absolute atomic E-state index is 13.1. The minimum Gasteiger partial charge on any atom is -0.494 e. The summed E-state index contributed by atoms with van der Waals surface area (Å²) in [5.41, 5.74) is 0.162. The van der Waals surface area contributed by atoms with Gasteiger partial charge in [-0.1, -0.05) is 13.8 Å². The lowest BCUT2D eigenvalue weighted by Crippen LogP contribution is -2.34. The highest BCUT2D eigenvalue weighted by Gasteiger charge is 2.30. The molecule has 1 saturated carbocycles. The van der Waals surface area contributed by atoms with Gasteiger partial charge in [-0.2, -0.15) is 14.9 Å². The van der Waals surface area contributed by atoms with Crippen LogP contribution in [0.25, 0.3) is 11.7 Å². The van der Waals surface area contributed by atoms with E-state index in [0.29, 0.717) is 23.4 Å². The van der Waals surface area contributed by atoms with Crippen LogP contribution in [0, 0.1) is 24.2 Å². The molecule has 0 unspecified atom stereocenters. The predicted molar refractivity (Wildman–Crippen MR) is 113 cm³/mol. The molecule has 1 fully saturated rings. The summed E-state index contributed by atoms with van der Waals surface area (Å²) in [4.78, 5) is 39.2. The van der Waals surface area contributed by atoms with Crippen molar-refractivity contribution in [1.82, 2.24) is 24.4 Å². The Kier molecular flexibility index (Phi) is 6.15. The van der Waals surface area contributed by atoms with E-state index in [-0.39, 0.29) is 30.0 Å². The van der Waals surface area contributed by atoms with Crippen molar-refractivity contribution in [2.24, 2.45) is 5.92 Å². The zero-order valence-corrected chi connectivity index (χ0v) is 18.0. The molecule has 0 atom stereocenters. The third-order valence-electron chi connectivity index (χ3n) is 4.99. The van der Waals surface area contributed by atoms with Crippen molar-refractivity contribution in [3.05, 3.63) is 33.3 Å². The standard InChI is InChI=1S/C21H26N6O4/c1-12(2)11-26-19-15(7-8-16(28)25(4)10-9-22)13(3)24-27(19)21(31)17(20(26)30)18(29)23-14-5-6-14/h7-8,12,14,30H,5-6,10-11H2,1-4H3,(H,23,29)/b8-7+. The first-order chi connectivity index (χ1) is 14.6. The number of aromatic hydroxyl groups is 1. The lowest BCUT2D eigenvalue weighted by Gasteiger charge is -2.17. The summed E-state index contributed by atoms with van der Waals surface area (Å²) in [6.45, 7) is 5.83. The lowest BCUT2D eigenvalue weighted by molar-refractivity contribution is -0.124. The normalized spacial score (nSPS) is 13.7. The first-order valence-corrected chi connectivity index (χ1v) is 10.1. The van der Waals surface area contributed by atoms with Gasteiger partial charge in [0.2, 0.25) is 11.8 Å². The number of nitrogens with zero attached hydrogens (tertiary/aromatic N) is 5. The molecular weight excluding hydrogens is 400 g/mol. The molecule has 2 aromatic heterocycles. The number of aryl methyl sites for hydroxylation is 1. The SMILES string of the molecule is Cc1nn2c(=O)c(C(=O)NC3CC3)c(O)n(CC(C)C)c2c1/C=C/C(=O)N(C)CC#N. The van der Waals surface area contributed by atoms with E-state index in [0.717, 1.165) is 17.4 Å². The highest BCUT2D eigenvalue weighted by atomic mass is 16.3. The molecule has 164 valence electrons. The van der Waals surface area contributed by atoms with Gasteiger partial charge >= 0.3 is 0 Å². The summed E-state index contributed by atoms with van der Waals surface area (Å²) < 4.78 is 2.58. The van der Waals surface area contributed by atoms with Crippen LogP contribution in [0.2, 0.25) is 0 Å². The van der Waals surface area contributed by atoms with Gasteiger partial charge < -0.3 is 15.3 Å². The van der Waals surface area contributed by atoms with E-state index in [1.807, 2.05) is 19.9 Å². The third kappa shape index (κ3) is 4.45. The van der Waals surface area contributed by atoms with Crippen molar-refractivity contribution in [2.45, 2.75) is 46.2 Å². The second-order valence-electron chi connectivity index (χ2n) is 8.18. The van der Waals surface area contributed by atoms with E-state index in [9.17, 15) is 19.5 Å². The van der Waals surface area contributed by atoms with Crippen LogP contribution < -0.4 is 10.9 Å². The second kappa shape index (κ2) is 8.63. The first kappa shape index (κ1) is 22.1.